The molecule has 0 bridgehead atoms. The topological polar surface area (TPSA) is 34.0 Å². The quantitative estimate of drug-likeness (QED) is 0.636. The Morgan fingerprint density at radius 2 is 1.78 bits per heavy atom. The zero-order valence-corrected chi connectivity index (χ0v) is 13.0. The molecule has 0 radical (unpaired) electrons. The van der Waals surface area contributed by atoms with Gasteiger partial charge in [-0.25, -0.2) is 0 Å². The van der Waals surface area contributed by atoms with Crippen molar-refractivity contribution >= 4 is 17.3 Å². The molecule has 0 saturated carbocycles. The Hall–Kier alpha value is -1.95. The highest BCUT2D eigenvalue weighted by Crippen LogP contribution is 2.28. The molecule has 0 aliphatic heterocycles. The molecule has 0 atom stereocenters. The maximum absolute atomic E-state index is 12.7. The van der Waals surface area contributed by atoms with Crippen LogP contribution in [0.1, 0.15) is 17.5 Å². The molecule has 1 aromatic carbocycles. The summed E-state index contributed by atoms with van der Waals surface area (Å²) in [5, 5.41) is 3.18. The Morgan fingerprint density at radius 3 is 2.39 bits per heavy atom. The summed E-state index contributed by atoms with van der Waals surface area (Å²) in [5.74, 6) is 0.573. The van der Waals surface area contributed by atoms with Gasteiger partial charge in [-0.05, 0) is 30.2 Å². The lowest BCUT2D eigenvalue weighted by Crippen LogP contribution is -2.21. The van der Waals surface area contributed by atoms with Crippen molar-refractivity contribution in [2.75, 3.05) is 17.7 Å². The molecule has 23 heavy (non-hydrogen) atoms. The minimum Gasteiger partial charge on any atom is -0.385 e. The largest absolute Gasteiger partial charge is 0.417 e. The lowest BCUT2D eigenvalue weighted by molar-refractivity contribution is -0.138. The summed E-state index contributed by atoms with van der Waals surface area (Å²) in [6.07, 6.45) is -2.79. The van der Waals surface area contributed by atoms with Crippen LogP contribution in [0.2, 0.25) is 0 Å². The molecular weight excluding hydrogens is 329 g/mol. The summed E-state index contributed by atoms with van der Waals surface area (Å²) in [5.41, 5.74) is 0.336. The zero-order valence-electron chi connectivity index (χ0n) is 12.2. The van der Waals surface area contributed by atoms with E-state index >= 15 is 0 Å². The van der Waals surface area contributed by atoms with E-state index in [2.05, 4.69) is 5.32 Å². The molecule has 2 rings (SSSR count). The van der Waals surface area contributed by atoms with Gasteiger partial charge in [-0.1, -0.05) is 12.1 Å². The summed E-state index contributed by atoms with van der Waals surface area (Å²) in [4.78, 5) is 11.7. The Balaban J connectivity index is 2.11. The maximum Gasteiger partial charge on any atom is 0.417 e. The zero-order chi connectivity index (χ0) is 16.9. The maximum atomic E-state index is 12.7. The first kappa shape index (κ1) is 17.4. The molecule has 0 spiro atoms. The normalized spacial score (nSPS) is 11.5. The standard InChI is InChI=1S/C16H16ClF3N2O/c17-8-1-9-21-14-5-2-12(3-6-14)10-22-11-13(16(18,19)20)4-7-15(22)23/h2-7,11,21H,1,8-10H2. The van der Waals surface area contributed by atoms with Crippen LogP contribution in [0.15, 0.2) is 47.4 Å². The van der Waals surface area contributed by atoms with Crippen LogP contribution in [0, 0.1) is 0 Å². The van der Waals surface area contributed by atoms with Crippen molar-refractivity contribution in [1.29, 1.82) is 0 Å². The van der Waals surface area contributed by atoms with Gasteiger partial charge in [0, 0.05) is 30.4 Å². The Bertz CT molecular complexity index is 696. The second-order valence-corrected chi connectivity index (χ2v) is 5.43. The summed E-state index contributed by atoms with van der Waals surface area (Å²) in [6, 6.07) is 8.92. The predicted molar refractivity (Wildman–Crippen MR) is 85.1 cm³/mol. The van der Waals surface area contributed by atoms with E-state index in [0.29, 0.717) is 5.88 Å². The SMILES string of the molecule is O=c1ccc(C(F)(F)F)cn1Cc1ccc(NCCCCl)cc1. The molecule has 1 heterocycles. The van der Waals surface area contributed by atoms with Crippen LogP contribution in [-0.2, 0) is 12.7 Å². The van der Waals surface area contributed by atoms with Crippen LogP contribution in [0.3, 0.4) is 0 Å². The van der Waals surface area contributed by atoms with Crippen LogP contribution >= 0.6 is 11.6 Å². The van der Waals surface area contributed by atoms with Gasteiger partial charge < -0.3 is 9.88 Å². The average molecular weight is 345 g/mol. The van der Waals surface area contributed by atoms with E-state index in [-0.39, 0.29) is 6.54 Å². The number of nitrogens with zero attached hydrogens (tertiary/aromatic N) is 1. The van der Waals surface area contributed by atoms with E-state index in [4.69, 9.17) is 11.6 Å². The first-order valence-corrected chi connectivity index (χ1v) is 7.60. The highest BCUT2D eigenvalue weighted by molar-refractivity contribution is 6.17. The molecule has 0 aliphatic carbocycles. The number of aromatic nitrogens is 1. The third kappa shape index (κ3) is 5.03. The first-order valence-electron chi connectivity index (χ1n) is 7.06. The third-order valence-corrected chi connectivity index (χ3v) is 3.52. The van der Waals surface area contributed by atoms with Gasteiger partial charge in [-0.2, -0.15) is 13.2 Å². The van der Waals surface area contributed by atoms with Crippen molar-refractivity contribution < 1.29 is 13.2 Å². The van der Waals surface area contributed by atoms with Gasteiger partial charge in [-0.3, -0.25) is 4.79 Å². The predicted octanol–water partition coefficient (Wildman–Crippen LogP) is 3.96. The van der Waals surface area contributed by atoms with E-state index in [0.717, 1.165) is 47.1 Å². The second kappa shape index (κ2) is 7.55. The monoisotopic (exact) mass is 344 g/mol. The first-order chi connectivity index (χ1) is 10.9. The summed E-state index contributed by atoms with van der Waals surface area (Å²) in [6.45, 7) is 0.834. The van der Waals surface area contributed by atoms with Gasteiger partial charge in [-0.15, -0.1) is 11.6 Å². The molecule has 0 unspecified atom stereocenters. The van der Waals surface area contributed by atoms with Gasteiger partial charge in [0.1, 0.15) is 0 Å². The number of rotatable bonds is 6. The fourth-order valence-electron chi connectivity index (χ4n) is 2.05. The van der Waals surface area contributed by atoms with Crippen LogP contribution in [0.4, 0.5) is 18.9 Å². The van der Waals surface area contributed by atoms with Crippen molar-refractivity contribution in [2.24, 2.45) is 0 Å². The molecule has 0 fully saturated rings. The van der Waals surface area contributed by atoms with Gasteiger partial charge in [0.05, 0.1) is 12.1 Å². The fraction of sp³-hybridized carbons (Fsp3) is 0.312. The van der Waals surface area contributed by atoms with Crippen molar-refractivity contribution in [1.82, 2.24) is 4.57 Å². The molecule has 3 nitrogen and oxygen atoms in total. The van der Waals surface area contributed by atoms with E-state index < -0.39 is 17.3 Å². The van der Waals surface area contributed by atoms with Gasteiger partial charge in [0.25, 0.3) is 5.56 Å². The van der Waals surface area contributed by atoms with Gasteiger partial charge in [0.15, 0.2) is 0 Å². The molecule has 1 aromatic heterocycles. The highest BCUT2D eigenvalue weighted by atomic mass is 35.5. The summed E-state index contributed by atoms with van der Waals surface area (Å²) in [7, 11) is 0. The smallest absolute Gasteiger partial charge is 0.385 e. The highest BCUT2D eigenvalue weighted by Gasteiger charge is 2.30. The minimum absolute atomic E-state index is 0.0880. The van der Waals surface area contributed by atoms with Crippen LogP contribution in [0.5, 0.6) is 0 Å². The second-order valence-electron chi connectivity index (χ2n) is 5.05. The Kier molecular flexibility index (Phi) is 5.71. The molecular formula is C16H16ClF3N2O. The number of anilines is 1. The number of hydrogen-bond acceptors (Lipinski definition) is 2. The van der Waals surface area contributed by atoms with E-state index in [1.807, 2.05) is 12.1 Å². The van der Waals surface area contributed by atoms with Crippen molar-refractivity contribution in [3.63, 3.8) is 0 Å². The number of hydrogen-bond donors (Lipinski definition) is 1. The Labute approximate surface area is 136 Å². The van der Waals surface area contributed by atoms with Gasteiger partial charge in [0.2, 0.25) is 0 Å². The lowest BCUT2D eigenvalue weighted by Gasteiger charge is -2.11. The molecule has 2 aromatic rings. The van der Waals surface area contributed by atoms with Crippen LogP contribution < -0.4 is 10.9 Å². The summed E-state index contributed by atoms with van der Waals surface area (Å²) >= 11 is 5.59. The van der Waals surface area contributed by atoms with Crippen molar-refractivity contribution in [3.8, 4) is 0 Å². The number of benzene rings is 1. The molecule has 0 aliphatic rings. The van der Waals surface area contributed by atoms with E-state index in [1.165, 1.54) is 0 Å². The van der Waals surface area contributed by atoms with Gasteiger partial charge >= 0.3 is 6.18 Å². The average Bonchev–Trinajstić information content (AvgIpc) is 2.50. The van der Waals surface area contributed by atoms with Crippen LogP contribution in [0.25, 0.3) is 0 Å². The number of halogens is 4. The third-order valence-electron chi connectivity index (χ3n) is 3.26. The Morgan fingerprint density at radius 1 is 1.09 bits per heavy atom. The fourth-order valence-corrected chi connectivity index (χ4v) is 2.18. The molecule has 1 N–H and O–H groups in total. The van der Waals surface area contributed by atoms with E-state index in [9.17, 15) is 18.0 Å². The number of pyridine rings is 1. The number of nitrogens with one attached hydrogen (secondary N) is 1. The van der Waals surface area contributed by atoms with Crippen molar-refractivity contribution in [2.45, 2.75) is 19.1 Å². The molecule has 0 amide bonds. The lowest BCUT2D eigenvalue weighted by atomic mass is 10.2. The summed E-state index contributed by atoms with van der Waals surface area (Å²) < 4.78 is 39.2. The minimum atomic E-state index is -4.47. The van der Waals surface area contributed by atoms with Crippen molar-refractivity contribution in [3.05, 3.63) is 64.1 Å². The van der Waals surface area contributed by atoms with E-state index in [1.54, 1.807) is 12.1 Å². The molecule has 0 saturated heterocycles. The number of alkyl halides is 4. The molecule has 7 heteroatoms. The molecule has 124 valence electrons. The van der Waals surface area contributed by atoms with Crippen LogP contribution in [-0.4, -0.2) is 17.0 Å².